The first-order valence-electron chi connectivity index (χ1n) is 20.8. The third-order valence-corrected chi connectivity index (χ3v) is 15.4. The van der Waals surface area contributed by atoms with Crippen LogP contribution in [0.5, 0.6) is 0 Å². The first kappa shape index (κ1) is 34.8. The van der Waals surface area contributed by atoms with E-state index in [0.717, 1.165) is 24.9 Å². The van der Waals surface area contributed by atoms with Gasteiger partial charge in [-0.25, -0.2) is 0 Å². The summed E-state index contributed by atoms with van der Waals surface area (Å²) in [5.41, 5.74) is 12.4. The van der Waals surface area contributed by atoms with Gasteiger partial charge in [0.2, 0.25) is 0 Å². The van der Waals surface area contributed by atoms with Crippen molar-refractivity contribution in [2.45, 2.75) is 46.4 Å². The summed E-state index contributed by atoms with van der Waals surface area (Å²) < 4.78 is 1.28. The molecule has 1 aliphatic heterocycles. The van der Waals surface area contributed by atoms with Crippen molar-refractivity contribution < 1.29 is 0 Å². The molecule has 0 amide bonds. The van der Waals surface area contributed by atoms with Gasteiger partial charge < -0.3 is 9.80 Å². The molecule has 0 fully saturated rings. The average molecular weight is 793 g/mol. The zero-order valence-electron chi connectivity index (χ0n) is 32.5. The lowest BCUT2D eigenvalue weighted by Gasteiger charge is -2.43. The van der Waals surface area contributed by atoms with Crippen LogP contribution in [0.25, 0.3) is 10.1 Å². The Morgan fingerprint density at radius 2 is 1.34 bits per heavy atom. The lowest BCUT2D eigenvalue weighted by molar-refractivity contribution is 0.442. The van der Waals surface area contributed by atoms with Crippen molar-refractivity contribution in [1.29, 1.82) is 0 Å². The highest BCUT2D eigenvalue weighted by molar-refractivity contribution is 7.99. The zero-order valence-corrected chi connectivity index (χ0v) is 34.1. The summed E-state index contributed by atoms with van der Waals surface area (Å²) in [5.74, 6) is 7.49. The quantitative estimate of drug-likeness (QED) is 0.155. The molecule has 0 saturated carbocycles. The van der Waals surface area contributed by atoms with Gasteiger partial charge in [-0.2, -0.15) is 0 Å². The molecule has 6 aromatic carbocycles. The van der Waals surface area contributed by atoms with E-state index in [-0.39, 0.29) is 23.3 Å². The Morgan fingerprint density at radius 1 is 0.627 bits per heavy atom. The number of fused-ring (bicyclic) bond motifs is 12. The number of nitrogens with zero attached hydrogens (tertiary/aromatic N) is 2. The molecule has 4 aliphatic carbocycles. The second-order valence-corrected chi connectivity index (χ2v) is 18.2. The second-order valence-electron chi connectivity index (χ2n) is 16.0. The van der Waals surface area contributed by atoms with Crippen molar-refractivity contribution in [3.63, 3.8) is 0 Å². The molecule has 7 aromatic rings. The van der Waals surface area contributed by atoms with E-state index in [4.69, 9.17) is 0 Å². The molecule has 1 aromatic heterocycles. The van der Waals surface area contributed by atoms with Gasteiger partial charge in [0.15, 0.2) is 0 Å². The summed E-state index contributed by atoms with van der Waals surface area (Å²) in [6, 6.07) is 52.6. The molecular weight excluding hydrogens is 753 g/mol. The van der Waals surface area contributed by atoms with Gasteiger partial charge in [-0.3, -0.25) is 0 Å². The largest absolute Gasteiger partial charge is 0.332 e. The van der Waals surface area contributed by atoms with Gasteiger partial charge in [0, 0.05) is 60.9 Å². The van der Waals surface area contributed by atoms with E-state index in [1.165, 1.54) is 75.3 Å². The van der Waals surface area contributed by atoms with Crippen LogP contribution >= 0.6 is 23.1 Å². The number of benzene rings is 6. The maximum absolute atomic E-state index is 3.58. The van der Waals surface area contributed by atoms with Crippen LogP contribution in [0.1, 0.15) is 51.5 Å². The third kappa shape index (κ3) is 5.28. The SMILES string of the molecule is C1#Cc2c(sc3c(N(c4ccccc4)c4ccc5c(c4)C4C=CC=CC4C54c5ccccc5Sc5ccccc54)c(N(c4ccccc4)C4C=CC=CC4)ccc23)CC1. The van der Waals surface area contributed by atoms with Crippen molar-refractivity contribution in [3.05, 3.63) is 221 Å². The van der Waals surface area contributed by atoms with Crippen LogP contribution in [0.3, 0.4) is 0 Å². The van der Waals surface area contributed by atoms with E-state index in [0.29, 0.717) is 0 Å². The molecule has 4 heteroatoms. The first-order chi connectivity index (χ1) is 29.3. The highest BCUT2D eigenvalue weighted by atomic mass is 32.2. The number of rotatable bonds is 6. The lowest BCUT2D eigenvalue weighted by Crippen LogP contribution is -2.37. The Labute approximate surface area is 354 Å². The van der Waals surface area contributed by atoms with Crippen molar-refractivity contribution in [1.82, 2.24) is 0 Å². The summed E-state index contributed by atoms with van der Waals surface area (Å²) >= 11 is 3.85. The minimum absolute atomic E-state index is 0.148. The summed E-state index contributed by atoms with van der Waals surface area (Å²) in [6.07, 6.45) is 21.3. The van der Waals surface area contributed by atoms with Crippen LogP contribution in [0.4, 0.5) is 28.4 Å². The monoisotopic (exact) mass is 792 g/mol. The van der Waals surface area contributed by atoms with Crippen molar-refractivity contribution in [2.75, 3.05) is 9.80 Å². The van der Waals surface area contributed by atoms with Crippen LogP contribution in [-0.2, 0) is 11.8 Å². The summed E-state index contributed by atoms with van der Waals surface area (Å²) in [4.78, 5) is 9.22. The van der Waals surface area contributed by atoms with Gasteiger partial charge in [0.05, 0.1) is 27.5 Å². The Balaban J connectivity index is 1.14. The number of para-hydroxylation sites is 2. The van der Waals surface area contributed by atoms with Crippen molar-refractivity contribution in [2.24, 2.45) is 5.92 Å². The Morgan fingerprint density at radius 3 is 2.10 bits per heavy atom. The van der Waals surface area contributed by atoms with E-state index in [9.17, 15) is 0 Å². The maximum Gasteiger partial charge on any atom is 0.0880 e. The fraction of sp³-hybridized carbons (Fsp3) is 0.127. The first-order valence-corrected chi connectivity index (χ1v) is 22.4. The number of hydrogen-bond acceptors (Lipinski definition) is 4. The van der Waals surface area contributed by atoms with Gasteiger partial charge in [-0.05, 0) is 89.7 Å². The fourth-order valence-electron chi connectivity index (χ4n) is 10.6. The third-order valence-electron chi connectivity index (χ3n) is 13.0. The van der Waals surface area contributed by atoms with E-state index < -0.39 is 0 Å². The molecule has 282 valence electrons. The van der Waals surface area contributed by atoms with E-state index >= 15 is 0 Å². The predicted molar refractivity (Wildman–Crippen MR) is 248 cm³/mol. The standard InChI is InChI=1S/C55H40N2S2/c1-4-18-37(19-5-1)56(38-20-6-2-7-21-38)49-35-33-43-42-25-11-15-29-50(42)59-54(43)53(49)57(39-22-8-3-9-23-39)40-32-34-46-44(36-40)41-24-10-12-26-45(41)55(46)47-27-13-16-30-51(47)58-52-31-17-14-28-48(52)55/h1-10,12-14,16-20,22-24,26-28,30-36,38,41,45H,15,21,29H2. The molecule has 3 atom stereocenters. The van der Waals surface area contributed by atoms with E-state index in [1.54, 1.807) is 0 Å². The van der Waals surface area contributed by atoms with Crippen LogP contribution < -0.4 is 9.80 Å². The lowest BCUT2D eigenvalue weighted by atomic mass is 9.63. The smallest absolute Gasteiger partial charge is 0.0880 e. The Bertz CT molecular complexity index is 2950. The van der Waals surface area contributed by atoms with Crippen molar-refractivity contribution >= 4 is 61.6 Å². The molecule has 0 saturated heterocycles. The normalized spacial score (nSPS) is 19.6. The van der Waals surface area contributed by atoms with Crippen LogP contribution in [-0.4, -0.2) is 6.04 Å². The number of hydrogen-bond donors (Lipinski definition) is 0. The zero-order chi connectivity index (χ0) is 38.9. The predicted octanol–water partition coefficient (Wildman–Crippen LogP) is 14.3. The molecule has 59 heavy (non-hydrogen) atoms. The fourth-order valence-corrected chi connectivity index (χ4v) is 13.1. The van der Waals surface area contributed by atoms with E-state index in [1.807, 2.05) is 23.1 Å². The van der Waals surface area contributed by atoms with E-state index in [2.05, 4.69) is 210 Å². The molecule has 1 spiro atoms. The highest BCUT2D eigenvalue weighted by Gasteiger charge is 2.56. The molecule has 0 bridgehead atoms. The van der Waals surface area contributed by atoms with Crippen LogP contribution in [0, 0.1) is 17.8 Å². The Kier molecular flexibility index (Phi) is 8.22. The number of allylic oxidation sites excluding steroid dienone is 6. The molecule has 2 nitrogen and oxygen atoms in total. The molecular formula is C55H40N2S2. The second kappa shape index (κ2) is 13.9. The average Bonchev–Trinajstić information content (AvgIpc) is 3.82. The summed E-state index contributed by atoms with van der Waals surface area (Å²) in [7, 11) is 0. The van der Waals surface area contributed by atoms with Gasteiger partial charge in [0.25, 0.3) is 0 Å². The number of aryl methyl sites for hydroxylation is 1. The van der Waals surface area contributed by atoms with Gasteiger partial charge >= 0.3 is 0 Å². The minimum Gasteiger partial charge on any atom is -0.332 e. The molecule has 2 heterocycles. The van der Waals surface area contributed by atoms with Gasteiger partial charge in [-0.15, -0.1) is 11.3 Å². The Hall–Kier alpha value is -6.25. The van der Waals surface area contributed by atoms with Crippen molar-refractivity contribution in [3.8, 4) is 11.8 Å². The van der Waals surface area contributed by atoms with Crippen LogP contribution in [0.15, 0.2) is 198 Å². The maximum atomic E-state index is 3.58. The van der Waals surface area contributed by atoms with Gasteiger partial charge in [-0.1, -0.05) is 157 Å². The number of thiophene rings is 1. The van der Waals surface area contributed by atoms with Crippen LogP contribution in [0.2, 0.25) is 0 Å². The topological polar surface area (TPSA) is 6.48 Å². The minimum atomic E-state index is -0.308. The summed E-state index contributed by atoms with van der Waals surface area (Å²) in [5, 5.41) is 1.25. The molecule has 3 unspecified atom stereocenters. The highest BCUT2D eigenvalue weighted by Crippen LogP contribution is 2.65. The molecule has 12 rings (SSSR count). The number of anilines is 5. The summed E-state index contributed by atoms with van der Waals surface area (Å²) in [6.45, 7) is 0. The van der Waals surface area contributed by atoms with Gasteiger partial charge in [0.1, 0.15) is 0 Å². The molecule has 0 N–H and O–H groups in total. The molecule has 5 aliphatic rings. The molecule has 0 radical (unpaired) electrons.